The molecule has 0 spiro atoms. The van der Waals surface area contributed by atoms with Crippen molar-refractivity contribution in [1.82, 2.24) is 50.2 Å². The summed E-state index contributed by atoms with van der Waals surface area (Å²) in [5.74, 6) is -10.8. The number of carbonyl (C=O) groups is 12. The van der Waals surface area contributed by atoms with Crippen molar-refractivity contribution in [3.05, 3.63) is 0 Å². The van der Waals surface area contributed by atoms with E-state index in [0.29, 0.717) is 6.29 Å². The summed E-state index contributed by atoms with van der Waals surface area (Å²) < 4.78 is 7.12. The first kappa shape index (κ1) is 84.2. The number of ketones is 1. The molecule has 1 aliphatic heterocycles. The Labute approximate surface area is 554 Å². The van der Waals surface area contributed by atoms with Crippen LogP contribution < -0.4 is 16.0 Å². The molecule has 12 atom stereocenters. The minimum atomic E-state index is -2.89. The van der Waals surface area contributed by atoms with Gasteiger partial charge in [-0.2, -0.15) is 0 Å². The summed E-state index contributed by atoms with van der Waals surface area (Å²) in [6, 6.07) is -11.0. The lowest BCUT2D eigenvalue weighted by molar-refractivity contribution is -0.157. The van der Waals surface area contributed by atoms with Crippen LogP contribution in [0.3, 0.4) is 0 Å². The van der Waals surface area contributed by atoms with E-state index in [2.05, 4.69) is 16.0 Å². The maximum Gasteiger partial charge on any atom is 0.246 e. The standard InChI is InChI=1S/C68H124N10O13Si/c1-38(2)32-48-60(83)70-55(43(11)12)66(89)74(23)49(33-39(3)4)59(82)69-47(17)52(80)36-46(16)62(85)75(24)50(34-40(5)6)63(86)76(25)51(35-41(7)8)64(87)77(26)56(44(13)14)67(90)78(27)57(58(45(15)30-31-79)91-92(28,29)68(18,19)20)61(84)71-54(42(9)10)65(88)72(21)37-53(81)73(48)22/h31,38-51,54-58H,30,32-37H2,1-29H3,(H,69,82)(H,70,83)(H,71,84)/t45-,46-,47-,48+,49-,50-,51-,54-,55-,56-,57-,58-/m1/s1. The number of rotatable bonds is 17. The first-order chi connectivity index (χ1) is 42.0. The molecule has 1 fully saturated rings. The molecule has 0 radical (unpaired) electrons. The number of likely N-dealkylation sites (N-methyl/N-ethyl adjacent to an activating group) is 7. The highest BCUT2D eigenvalue weighted by molar-refractivity contribution is 6.74. The Morgan fingerprint density at radius 2 is 0.859 bits per heavy atom. The third kappa shape index (κ3) is 23.0. The first-order valence-electron chi connectivity index (χ1n) is 33.4. The van der Waals surface area contributed by atoms with Crippen LogP contribution in [0.15, 0.2) is 0 Å². The smallest absolute Gasteiger partial charge is 0.246 e. The highest BCUT2D eigenvalue weighted by atomic mass is 28.4. The minimum absolute atomic E-state index is 0.0767. The second-order valence-corrected chi connectivity index (χ2v) is 35.4. The van der Waals surface area contributed by atoms with Crippen molar-refractivity contribution in [3.8, 4) is 0 Å². The molecular weight excluding hydrogens is 1190 g/mol. The van der Waals surface area contributed by atoms with E-state index in [1.165, 1.54) is 85.7 Å². The molecule has 0 aromatic carbocycles. The van der Waals surface area contributed by atoms with Gasteiger partial charge in [0, 0.05) is 68.1 Å². The lowest BCUT2D eigenvalue weighted by atomic mass is 9.91. The van der Waals surface area contributed by atoms with Gasteiger partial charge in [0.15, 0.2) is 14.1 Å². The fourth-order valence-corrected chi connectivity index (χ4v) is 12.9. The van der Waals surface area contributed by atoms with E-state index >= 15 is 19.2 Å². The molecular formula is C68H124N10O13Si. The monoisotopic (exact) mass is 1320 g/mol. The van der Waals surface area contributed by atoms with Gasteiger partial charge in [-0.1, -0.05) is 132 Å². The highest BCUT2D eigenvalue weighted by Crippen LogP contribution is 2.40. The van der Waals surface area contributed by atoms with Gasteiger partial charge < -0.3 is 59.5 Å². The van der Waals surface area contributed by atoms with E-state index in [1.54, 1.807) is 55.4 Å². The number of amides is 10. The molecule has 10 amide bonds. The maximum atomic E-state index is 15.7. The van der Waals surface area contributed by atoms with Crippen LogP contribution in [0.5, 0.6) is 0 Å². The Bertz CT molecular complexity index is 2550. The predicted molar refractivity (Wildman–Crippen MR) is 361 cm³/mol. The zero-order chi connectivity index (χ0) is 71.8. The third-order valence-corrected chi connectivity index (χ3v) is 23.0. The van der Waals surface area contributed by atoms with Crippen LogP contribution in [0, 0.1) is 53.3 Å². The van der Waals surface area contributed by atoms with Gasteiger partial charge in [-0.3, -0.25) is 52.7 Å². The van der Waals surface area contributed by atoms with Crippen LogP contribution in [0.25, 0.3) is 0 Å². The molecule has 0 unspecified atom stereocenters. The van der Waals surface area contributed by atoms with Crippen molar-refractivity contribution in [2.24, 2.45) is 53.3 Å². The predicted octanol–water partition coefficient (Wildman–Crippen LogP) is 6.26. The lowest BCUT2D eigenvalue weighted by Crippen LogP contribution is -2.65. The van der Waals surface area contributed by atoms with Crippen molar-refractivity contribution in [1.29, 1.82) is 0 Å². The fourth-order valence-electron chi connectivity index (χ4n) is 11.5. The van der Waals surface area contributed by atoms with Gasteiger partial charge in [-0.05, 0) is 98.1 Å². The fraction of sp³-hybridized carbons (Fsp3) is 0.824. The zero-order valence-electron chi connectivity index (χ0n) is 61.9. The SMILES string of the molecule is CC(C)C[C@@H]1C(=O)N(C)[C@H](CC(C)C)C(=O)N(C)[C@H](C(C)C)C(=O)N(C)[C@H]([C@H](O[Si](C)(C)C(C)(C)C)[C@H](C)CC=O)C(=O)N[C@H](C(C)C)C(=O)N(C)CC(=O)N(C)[C@@H](CC(C)C)C(=O)N[C@H](C(C)C)C(=O)N(C)[C@H](CC(C)C)C(=O)N[C@H](C)C(=O)C[C@@H](C)C(=O)N1C. The molecule has 1 rings (SSSR count). The van der Waals surface area contributed by atoms with Crippen molar-refractivity contribution in [3.63, 3.8) is 0 Å². The second kappa shape index (κ2) is 36.2. The summed E-state index contributed by atoms with van der Waals surface area (Å²) in [5.41, 5.74) is 0. The normalized spacial score (nSPS) is 26.2. The van der Waals surface area contributed by atoms with Crippen molar-refractivity contribution in [2.45, 2.75) is 256 Å². The zero-order valence-corrected chi connectivity index (χ0v) is 62.9. The number of hydrogen-bond donors (Lipinski definition) is 3. The lowest BCUT2D eigenvalue weighted by Gasteiger charge is -2.46. The van der Waals surface area contributed by atoms with Gasteiger partial charge in [-0.25, -0.2) is 0 Å². The van der Waals surface area contributed by atoms with Crippen molar-refractivity contribution < 1.29 is 62.0 Å². The van der Waals surface area contributed by atoms with Crippen LogP contribution in [-0.4, -0.2) is 230 Å². The van der Waals surface area contributed by atoms with E-state index in [-0.39, 0.29) is 62.2 Å². The van der Waals surface area contributed by atoms with Crippen LogP contribution in [0.4, 0.5) is 0 Å². The van der Waals surface area contributed by atoms with E-state index in [0.717, 1.165) is 4.90 Å². The van der Waals surface area contributed by atoms with Crippen LogP contribution in [0.1, 0.15) is 177 Å². The van der Waals surface area contributed by atoms with Crippen LogP contribution >= 0.6 is 0 Å². The van der Waals surface area contributed by atoms with Gasteiger partial charge in [0.25, 0.3) is 0 Å². The van der Waals surface area contributed by atoms with Crippen molar-refractivity contribution in [2.75, 3.05) is 55.9 Å². The maximum absolute atomic E-state index is 15.7. The second-order valence-electron chi connectivity index (χ2n) is 30.6. The average Bonchev–Trinajstić information content (AvgIpc) is 0.803. The molecule has 24 heteroatoms. The Kier molecular flexibility index (Phi) is 33.1. The molecule has 0 saturated carbocycles. The van der Waals surface area contributed by atoms with Crippen molar-refractivity contribution >= 4 is 79.5 Å². The van der Waals surface area contributed by atoms with Crippen LogP contribution in [0.2, 0.25) is 18.1 Å². The Balaban J connectivity index is 4.58. The molecule has 1 aliphatic rings. The van der Waals surface area contributed by atoms with Gasteiger partial charge in [-0.15, -0.1) is 0 Å². The summed E-state index contributed by atoms with van der Waals surface area (Å²) in [7, 11) is 7.26. The quantitative estimate of drug-likeness (QED) is 0.107. The van der Waals surface area contributed by atoms with E-state index in [4.69, 9.17) is 4.43 Å². The number of hydrogen-bond acceptors (Lipinski definition) is 13. The highest BCUT2D eigenvalue weighted by Gasteiger charge is 2.50. The molecule has 1 heterocycles. The van der Waals surface area contributed by atoms with Gasteiger partial charge in [0.2, 0.25) is 59.1 Å². The molecule has 1 saturated heterocycles. The summed E-state index contributed by atoms with van der Waals surface area (Å²) in [6.07, 6.45) is -0.191. The Morgan fingerprint density at radius 3 is 1.28 bits per heavy atom. The summed E-state index contributed by atoms with van der Waals surface area (Å²) in [6.45, 7) is 39.7. The van der Waals surface area contributed by atoms with E-state index in [9.17, 15) is 38.4 Å². The van der Waals surface area contributed by atoms with Gasteiger partial charge in [0.1, 0.15) is 54.6 Å². The molecule has 528 valence electrons. The van der Waals surface area contributed by atoms with E-state index < -0.39 is 175 Å². The minimum Gasteiger partial charge on any atom is -0.411 e. The third-order valence-electron chi connectivity index (χ3n) is 18.5. The summed E-state index contributed by atoms with van der Waals surface area (Å²) in [5, 5.41) is 8.16. The number of Topliss-reactive ketones (excluding diaryl/α,β-unsaturated/α-hetero) is 1. The van der Waals surface area contributed by atoms with Gasteiger partial charge >= 0.3 is 0 Å². The molecule has 92 heavy (non-hydrogen) atoms. The first-order valence-corrected chi connectivity index (χ1v) is 36.3. The largest absolute Gasteiger partial charge is 0.411 e. The molecule has 0 bridgehead atoms. The van der Waals surface area contributed by atoms with Crippen LogP contribution in [-0.2, 0) is 62.0 Å². The molecule has 23 nitrogen and oxygen atoms in total. The average molecular weight is 1320 g/mol. The molecule has 0 aromatic rings. The number of aldehydes is 1. The van der Waals surface area contributed by atoms with E-state index in [1.807, 2.05) is 89.3 Å². The Morgan fingerprint density at radius 1 is 0.478 bits per heavy atom. The number of nitrogens with zero attached hydrogens (tertiary/aromatic N) is 7. The molecule has 3 N–H and O–H groups in total. The topological polar surface area (TPSA) is 273 Å². The number of carbonyl (C=O) groups excluding carboxylic acids is 12. The van der Waals surface area contributed by atoms with Gasteiger partial charge in [0.05, 0.1) is 18.7 Å². The summed E-state index contributed by atoms with van der Waals surface area (Å²) in [4.78, 5) is 185. The summed E-state index contributed by atoms with van der Waals surface area (Å²) >= 11 is 0. The number of nitrogens with one attached hydrogen (secondary N) is 3. The molecule has 0 aromatic heterocycles. The Hall–Kier alpha value is -5.78. The molecule has 0 aliphatic carbocycles.